The predicted octanol–water partition coefficient (Wildman–Crippen LogP) is 4.23. The number of nitrogens with zero attached hydrogens (tertiary/aromatic N) is 4. The number of phenolic OH excluding ortho intramolecular Hbond substituents is 1. The lowest BCUT2D eigenvalue weighted by Gasteiger charge is -2.26. The van der Waals surface area contributed by atoms with Crippen LogP contribution >= 0.6 is 0 Å². The molecule has 0 unspecified atom stereocenters. The summed E-state index contributed by atoms with van der Waals surface area (Å²) < 4.78 is 70.0. The Morgan fingerprint density at radius 2 is 1.76 bits per heavy atom. The largest absolute Gasteiger partial charge is 0.503 e. The Kier molecular flexibility index (Phi) is 6.44. The van der Waals surface area contributed by atoms with Gasteiger partial charge in [0.25, 0.3) is 5.91 Å². The molecule has 1 aliphatic carbocycles. The summed E-state index contributed by atoms with van der Waals surface area (Å²) in [5.41, 5.74) is -1.29. The van der Waals surface area contributed by atoms with Crippen LogP contribution in [0.5, 0.6) is 5.75 Å². The average Bonchev–Trinajstić information content (AvgIpc) is 3.31. The molecule has 4 rings (SSSR count). The third kappa shape index (κ3) is 5.13. The molecule has 3 aromatic rings. The second-order valence-electron chi connectivity index (χ2n) is 7.96. The van der Waals surface area contributed by atoms with Crippen LogP contribution in [0.4, 0.5) is 22.0 Å². The number of amides is 1. The van der Waals surface area contributed by atoms with Crippen LogP contribution in [0.15, 0.2) is 29.0 Å². The number of hydrogen-bond acceptors (Lipinski definition) is 7. The van der Waals surface area contributed by atoms with Gasteiger partial charge < -0.3 is 14.9 Å². The number of hydrogen-bond donors (Lipinski definition) is 2. The van der Waals surface area contributed by atoms with Gasteiger partial charge in [-0.1, -0.05) is 5.16 Å². The number of aromatic nitrogens is 4. The number of rotatable bonds is 5. The first-order chi connectivity index (χ1) is 16.1. The lowest BCUT2D eigenvalue weighted by atomic mass is 9.82. The molecule has 2 heterocycles. The molecule has 34 heavy (non-hydrogen) atoms. The van der Waals surface area contributed by atoms with Crippen molar-refractivity contribution in [2.75, 3.05) is 6.54 Å². The van der Waals surface area contributed by atoms with Crippen molar-refractivity contribution >= 4 is 5.91 Å². The summed E-state index contributed by atoms with van der Waals surface area (Å²) in [4.78, 5) is 23.4. The summed E-state index contributed by atoms with van der Waals surface area (Å²) in [6, 6.07) is 1.53. The molecule has 2 N–H and O–H groups in total. The SMILES string of the molecule is O=C(NC[C@H]1CC[C@H](c2nc(-c3cnc(C(F)(F)F)cn3)no2)CC1)c1cc(F)c(O)c(F)c1. The molecule has 13 heteroatoms. The number of alkyl halides is 3. The van der Waals surface area contributed by atoms with E-state index >= 15 is 0 Å². The number of benzene rings is 1. The van der Waals surface area contributed by atoms with Crippen LogP contribution < -0.4 is 5.32 Å². The van der Waals surface area contributed by atoms with E-state index in [2.05, 4.69) is 25.4 Å². The van der Waals surface area contributed by atoms with Crippen molar-refractivity contribution in [3.05, 3.63) is 53.3 Å². The summed E-state index contributed by atoms with van der Waals surface area (Å²) in [6.45, 7) is 0.298. The van der Waals surface area contributed by atoms with Crippen molar-refractivity contribution in [3.8, 4) is 17.3 Å². The van der Waals surface area contributed by atoms with E-state index in [-0.39, 0.29) is 28.9 Å². The summed E-state index contributed by atoms with van der Waals surface area (Å²) in [6.07, 6.45) is -0.300. The van der Waals surface area contributed by atoms with Gasteiger partial charge in [0.1, 0.15) is 5.69 Å². The number of nitrogens with one attached hydrogen (secondary N) is 1. The fourth-order valence-electron chi connectivity index (χ4n) is 3.74. The van der Waals surface area contributed by atoms with E-state index in [0.717, 1.165) is 18.3 Å². The van der Waals surface area contributed by atoms with Gasteiger partial charge in [-0.25, -0.2) is 18.7 Å². The smallest absolute Gasteiger partial charge is 0.434 e. The van der Waals surface area contributed by atoms with Gasteiger partial charge in [-0.2, -0.15) is 18.2 Å². The average molecular weight is 483 g/mol. The van der Waals surface area contributed by atoms with Crippen LogP contribution in [0.2, 0.25) is 0 Å². The Bertz CT molecular complexity index is 1150. The maximum atomic E-state index is 13.4. The van der Waals surface area contributed by atoms with Crippen LogP contribution in [0, 0.1) is 17.6 Å². The number of aromatic hydroxyl groups is 1. The van der Waals surface area contributed by atoms with Gasteiger partial charge >= 0.3 is 6.18 Å². The Balaban J connectivity index is 1.30. The third-order valence-electron chi connectivity index (χ3n) is 5.64. The zero-order valence-electron chi connectivity index (χ0n) is 17.4. The molecule has 0 spiro atoms. The van der Waals surface area contributed by atoms with Crippen molar-refractivity contribution in [2.45, 2.75) is 37.8 Å². The normalized spacial score (nSPS) is 18.6. The minimum atomic E-state index is -4.59. The minimum absolute atomic E-state index is 0.0407. The van der Waals surface area contributed by atoms with Crippen LogP contribution in [-0.2, 0) is 6.18 Å². The first-order valence-electron chi connectivity index (χ1n) is 10.3. The quantitative estimate of drug-likeness (QED) is 0.522. The predicted molar refractivity (Wildman–Crippen MR) is 105 cm³/mol. The molecule has 0 aliphatic heterocycles. The van der Waals surface area contributed by atoms with Crippen molar-refractivity contribution in [3.63, 3.8) is 0 Å². The molecule has 0 saturated heterocycles. The fraction of sp³-hybridized carbons (Fsp3) is 0.381. The molecular weight excluding hydrogens is 465 g/mol. The van der Waals surface area contributed by atoms with E-state index in [4.69, 9.17) is 9.63 Å². The van der Waals surface area contributed by atoms with Crippen molar-refractivity contribution in [1.29, 1.82) is 0 Å². The van der Waals surface area contributed by atoms with Crippen molar-refractivity contribution < 1.29 is 36.4 Å². The highest BCUT2D eigenvalue weighted by molar-refractivity contribution is 5.94. The molecule has 2 aromatic heterocycles. The molecule has 1 fully saturated rings. The molecule has 0 bridgehead atoms. The highest BCUT2D eigenvalue weighted by Gasteiger charge is 2.33. The van der Waals surface area contributed by atoms with Crippen molar-refractivity contribution in [1.82, 2.24) is 25.4 Å². The van der Waals surface area contributed by atoms with E-state index in [1.165, 1.54) is 0 Å². The Morgan fingerprint density at radius 3 is 2.35 bits per heavy atom. The fourth-order valence-corrected chi connectivity index (χ4v) is 3.74. The Labute approximate surface area is 189 Å². The topological polar surface area (TPSA) is 114 Å². The second-order valence-corrected chi connectivity index (χ2v) is 7.96. The highest BCUT2D eigenvalue weighted by atomic mass is 19.4. The van der Waals surface area contributed by atoms with E-state index in [1.54, 1.807) is 0 Å². The van der Waals surface area contributed by atoms with E-state index < -0.39 is 35.2 Å². The molecule has 0 radical (unpaired) electrons. The van der Waals surface area contributed by atoms with Gasteiger partial charge in [0.2, 0.25) is 11.7 Å². The van der Waals surface area contributed by atoms with Crippen LogP contribution in [0.1, 0.15) is 53.5 Å². The minimum Gasteiger partial charge on any atom is -0.503 e. The van der Waals surface area contributed by atoms with Gasteiger partial charge in [0, 0.05) is 18.0 Å². The maximum Gasteiger partial charge on any atom is 0.434 e. The third-order valence-corrected chi connectivity index (χ3v) is 5.64. The lowest BCUT2D eigenvalue weighted by Crippen LogP contribution is -2.31. The van der Waals surface area contributed by atoms with Crippen LogP contribution in [0.3, 0.4) is 0 Å². The number of halogens is 5. The van der Waals surface area contributed by atoms with Gasteiger partial charge in [-0.15, -0.1) is 0 Å². The standard InChI is InChI=1S/C21H18F5N5O3/c22-13-5-12(6-14(23)17(13)32)19(33)29-7-10-1-3-11(4-2-10)20-30-18(31-34-20)15-8-28-16(9-27-15)21(24,25)26/h5-6,8-11,32H,1-4,7H2,(H,29,33)/t10-,11-. The van der Waals surface area contributed by atoms with E-state index in [9.17, 15) is 26.7 Å². The number of carbonyl (C=O) groups is 1. The van der Waals surface area contributed by atoms with E-state index in [0.29, 0.717) is 44.3 Å². The highest BCUT2D eigenvalue weighted by Crippen LogP contribution is 2.35. The molecule has 0 atom stereocenters. The molecule has 1 amide bonds. The van der Waals surface area contributed by atoms with Gasteiger partial charge in [0.15, 0.2) is 23.1 Å². The molecule has 8 nitrogen and oxygen atoms in total. The molecule has 180 valence electrons. The van der Waals surface area contributed by atoms with Gasteiger partial charge in [-0.05, 0) is 43.7 Å². The Hall–Kier alpha value is -3.64. The summed E-state index contributed by atoms with van der Waals surface area (Å²) in [5, 5.41) is 15.5. The molecule has 1 aromatic carbocycles. The summed E-state index contributed by atoms with van der Waals surface area (Å²) in [7, 11) is 0. The summed E-state index contributed by atoms with van der Waals surface area (Å²) in [5.74, 6) is -3.78. The lowest BCUT2D eigenvalue weighted by molar-refractivity contribution is -0.141. The van der Waals surface area contributed by atoms with E-state index in [1.807, 2.05) is 0 Å². The molecular formula is C21H18F5N5O3. The van der Waals surface area contributed by atoms with Crippen LogP contribution in [0.25, 0.3) is 11.5 Å². The first kappa shape index (κ1) is 23.5. The van der Waals surface area contributed by atoms with Crippen LogP contribution in [-0.4, -0.2) is 37.7 Å². The zero-order valence-corrected chi connectivity index (χ0v) is 17.4. The second kappa shape index (κ2) is 9.31. The summed E-state index contributed by atoms with van der Waals surface area (Å²) >= 11 is 0. The molecule has 1 aliphatic rings. The monoisotopic (exact) mass is 483 g/mol. The first-order valence-corrected chi connectivity index (χ1v) is 10.3. The molecule has 1 saturated carbocycles. The van der Waals surface area contributed by atoms with Gasteiger partial charge in [-0.3, -0.25) is 4.79 Å². The number of phenols is 1. The Morgan fingerprint density at radius 1 is 1.09 bits per heavy atom. The maximum absolute atomic E-state index is 13.4. The van der Waals surface area contributed by atoms with Gasteiger partial charge in [0.05, 0.1) is 12.4 Å². The number of carbonyl (C=O) groups excluding carboxylic acids is 1. The zero-order chi connectivity index (χ0) is 24.5. The van der Waals surface area contributed by atoms with Crippen molar-refractivity contribution in [2.24, 2.45) is 5.92 Å².